The lowest BCUT2D eigenvalue weighted by Crippen LogP contribution is -2.47. The van der Waals surface area contributed by atoms with E-state index in [4.69, 9.17) is 34.8 Å². The van der Waals surface area contributed by atoms with Crippen LogP contribution in [0.2, 0.25) is 15.1 Å². The Kier molecular flexibility index (Phi) is 6.77. The SMILES string of the molecule is CCCC1(CCC)NC(=O)N(CC(=O)Nc2c(Cl)cc(Cl)cc2Cl)C1=O. The van der Waals surface area contributed by atoms with Gasteiger partial charge in [-0.15, -0.1) is 0 Å². The number of nitrogens with one attached hydrogen (secondary N) is 2. The molecule has 1 fully saturated rings. The first-order valence-corrected chi connectivity index (χ1v) is 9.46. The highest BCUT2D eigenvalue weighted by Gasteiger charge is 2.50. The fourth-order valence-electron chi connectivity index (χ4n) is 3.12. The van der Waals surface area contributed by atoms with E-state index in [0.29, 0.717) is 17.9 Å². The van der Waals surface area contributed by atoms with E-state index in [9.17, 15) is 14.4 Å². The van der Waals surface area contributed by atoms with Crippen molar-refractivity contribution in [2.45, 2.75) is 45.1 Å². The summed E-state index contributed by atoms with van der Waals surface area (Å²) in [6.07, 6.45) is 2.53. The zero-order valence-corrected chi connectivity index (χ0v) is 16.8. The quantitative estimate of drug-likeness (QED) is 0.639. The highest BCUT2D eigenvalue weighted by Crippen LogP contribution is 2.34. The molecule has 0 radical (unpaired) electrons. The molecule has 0 bridgehead atoms. The summed E-state index contributed by atoms with van der Waals surface area (Å²) in [6.45, 7) is 3.46. The lowest BCUT2D eigenvalue weighted by molar-refractivity contribution is -0.134. The van der Waals surface area contributed by atoms with Crippen molar-refractivity contribution in [2.75, 3.05) is 11.9 Å². The molecule has 0 saturated carbocycles. The number of hydrogen-bond donors (Lipinski definition) is 2. The molecular weight excluding hydrogens is 401 g/mol. The maximum Gasteiger partial charge on any atom is 0.325 e. The van der Waals surface area contributed by atoms with Crippen molar-refractivity contribution < 1.29 is 14.4 Å². The topological polar surface area (TPSA) is 78.5 Å². The summed E-state index contributed by atoms with van der Waals surface area (Å²) in [6, 6.07) is 2.30. The zero-order chi connectivity index (χ0) is 19.5. The van der Waals surface area contributed by atoms with Crippen LogP contribution < -0.4 is 10.6 Å². The van der Waals surface area contributed by atoms with Gasteiger partial charge >= 0.3 is 6.03 Å². The zero-order valence-electron chi connectivity index (χ0n) is 14.5. The third kappa shape index (κ3) is 4.24. The van der Waals surface area contributed by atoms with Gasteiger partial charge in [0.2, 0.25) is 5.91 Å². The molecule has 6 nitrogen and oxygen atoms in total. The highest BCUT2D eigenvalue weighted by molar-refractivity contribution is 6.42. The monoisotopic (exact) mass is 419 g/mol. The number of benzene rings is 1. The van der Waals surface area contributed by atoms with Crippen molar-refractivity contribution in [3.05, 3.63) is 27.2 Å². The Morgan fingerprint density at radius 2 is 1.65 bits per heavy atom. The van der Waals surface area contributed by atoms with Gasteiger partial charge in [-0.3, -0.25) is 14.5 Å². The number of rotatable bonds is 7. The molecular formula is C17H20Cl3N3O3. The third-order valence-electron chi connectivity index (χ3n) is 4.17. The Hall–Kier alpha value is -1.50. The summed E-state index contributed by atoms with van der Waals surface area (Å²) in [5, 5.41) is 5.95. The van der Waals surface area contributed by atoms with Crippen molar-refractivity contribution in [1.29, 1.82) is 0 Å². The number of hydrogen-bond acceptors (Lipinski definition) is 3. The smallest absolute Gasteiger partial charge is 0.323 e. The first-order valence-electron chi connectivity index (χ1n) is 8.32. The van der Waals surface area contributed by atoms with Gasteiger partial charge in [0.1, 0.15) is 12.1 Å². The van der Waals surface area contributed by atoms with Crippen LogP contribution in [0.25, 0.3) is 0 Å². The van der Waals surface area contributed by atoms with Crippen molar-refractivity contribution in [2.24, 2.45) is 0 Å². The Labute approximate surface area is 167 Å². The minimum absolute atomic E-state index is 0.166. The molecule has 0 aromatic heterocycles. The average molecular weight is 421 g/mol. The number of carbonyl (C=O) groups is 3. The van der Waals surface area contributed by atoms with Crippen LogP contribution in [0.4, 0.5) is 10.5 Å². The van der Waals surface area contributed by atoms with Crippen LogP contribution >= 0.6 is 34.8 Å². The normalized spacial score (nSPS) is 16.0. The molecule has 4 amide bonds. The molecule has 26 heavy (non-hydrogen) atoms. The van der Waals surface area contributed by atoms with Crippen LogP contribution in [0.1, 0.15) is 39.5 Å². The Balaban J connectivity index is 2.14. The summed E-state index contributed by atoms with van der Waals surface area (Å²) in [4.78, 5) is 38.3. The van der Waals surface area contributed by atoms with Gasteiger partial charge in [-0.25, -0.2) is 4.79 Å². The van der Waals surface area contributed by atoms with Gasteiger partial charge in [0.15, 0.2) is 0 Å². The summed E-state index contributed by atoms with van der Waals surface area (Å²) in [7, 11) is 0. The number of urea groups is 1. The second-order valence-electron chi connectivity index (χ2n) is 6.20. The van der Waals surface area contributed by atoms with E-state index >= 15 is 0 Å². The number of imide groups is 1. The van der Waals surface area contributed by atoms with E-state index < -0.39 is 24.0 Å². The van der Waals surface area contributed by atoms with Crippen LogP contribution in [0, 0.1) is 0 Å². The third-order valence-corrected chi connectivity index (χ3v) is 4.99. The number of anilines is 1. The fraction of sp³-hybridized carbons (Fsp3) is 0.471. The van der Waals surface area contributed by atoms with E-state index in [0.717, 1.165) is 17.7 Å². The maximum absolute atomic E-state index is 12.8. The number of nitrogens with zero attached hydrogens (tertiary/aromatic N) is 1. The number of carbonyl (C=O) groups excluding carboxylic acids is 3. The summed E-state index contributed by atoms with van der Waals surface area (Å²) in [5.74, 6) is -0.960. The van der Waals surface area contributed by atoms with Crippen molar-refractivity contribution in [1.82, 2.24) is 10.2 Å². The lowest BCUT2D eigenvalue weighted by atomic mass is 9.88. The largest absolute Gasteiger partial charge is 0.325 e. The maximum atomic E-state index is 12.8. The van der Waals surface area contributed by atoms with Crippen LogP contribution in [0.3, 0.4) is 0 Å². The van der Waals surface area contributed by atoms with Gasteiger partial charge < -0.3 is 10.6 Å². The number of amides is 4. The van der Waals surface area contributed by atoms with Gasteiger partial charge in [-0.2, -0.15) is 0 Å². The van der Waals surface area contributed by atoms with Gasteiger partial charge in [-0.1, -0.05) is 61.5 Å². The van der Waals surface area contributed by atoms with E-state index in [1.807, 2.05) is 13.8 Å². The number of halogens is 3. The van der Waals surface area contributed by atoms with E-state index in [-0.39, 0.29) is 21.6 Å². The molecule has 142 valence electrons. The molecule has 1 aliphatic rings. The molecule has 0 aliphatic carbocycles. The van der Waals surface area contributed by atoms with Gasteiger partial charge in [0.05, 0.1) is 15.7 Å². The van der Waals surface area contributed by atoms with Crippen LogP contribution in [-0.2, 0) is 9.59 Å². The molecule has 1 saturated heterocycles. The summed E-state index contributed by atoms with van der Waals surface area (Å²) >= 11 is 17.9. The molecule has 0 unspecified atom stereocenters. The standard InChI is InChI=1S/C17H20Cl3N3O3/c1-3-5-17(6-4-2)15(25)23(16(26)22-17)9-13(24)21-14-11(19)7-10(18)8-12(14)20/h7-8H,3-6,9H2,1-2H3,(H,21,24)(H,22,26). The van der Waals surface area contributed by atoms with Gasteiger partial charge in [0.25, 0.3) is 5.91 Å². The molecule has 1 aliphatic heterocycles. The molecule has 2 N–H and O–H groups in total. The average Bonchev–Trinajstić information content (AvgIpc) is 2.76. The second-order valence-corrected chi connectivity index (χ2v) is 7.45. The van der Waals surface area contributed by atoms with E-state index in [1.54, 1.807) is 0 Å². The Morgan fingerprint density at radius 3 is 2.15 bits per heavy atom. The fourth-order valence-corrected chi connectivity index (χ4v) is 4.03. The molecule has 1 aromatic carbocycles. The van der Waals surface area contributed by atoms with Crippen LogP contribution in [0.15, 0.2) is 12.1 Å². The van der Waals surface area contributed by atoms with Crippen LogP contribution in [0.5, 0.6) is 0 Å². The second kappa shape index (κ2) is 8.46. The summed E-state index contributed by atoms with van der Waals surface area (Å²) in [5.41, 5.74) is -0.751. The van der Waals surface area contributed by atoms with Gasteiger partial charge in [-0.05, 0) is 25.0 Å². The highest BCUT2D eigenvalue weighted by atomic mass is 35.5. The first kappa shape index (κ1) is 20.8. The first-order chi connectivity index (χ1) is 12.2. The van der Waals surface area contributed by atoms with E-state index in [2.05, 4.69) is 10.6 Å². The molecule has 2 rings (SSSR count). The predicted molar refractivity (Wildman–Crippen MR) is 103 cm³/mol. The predicted octanol–water partition coefficient (Wildman–Crippen LogP) is 4.48. The van der Waals surface area contributed by atoms with Crippen LogP contribution in [-0.4, -0.2) is 34.8 Å². The summed E-state index contributed by atoms with van der Waals surface area (Å²) < 4.78 is 0. The van der Waals surface area contributed by atoms with Crippen molar-refractivity contribution >= 4 is 58.3 Å². The minimum Gasteiger partial charge on any atom is -0.323 e. The molecule has 0 atom stereocenters. The Bertz CT molecular complexity index is 710. The van der Waals surface area contributed by atoms with Crippen molar-refractivity contribution in [3.63, 3.8) is 0 Å². The van der Waals surface area contributed by atoms with E-state index in [1.165, 1.54) is 12.1 Å². The Morgan fingerprint density at radius 1 is 1.12 bits per heavy atom. The molecule has 1 aromatic rings. The lowest BCUT2D eigenvalue weighted by Gasteiger charge is -2.25. The molecule has 1 heterocycles. The minimum atomic E-state index is -0.934. The molecule has 0 spiro atoms. The van der Waals surface area contributed by atoms with Crippen molar-refractivity contribution in [3.8, 4) is 0 Å². The molecule has 9 heteroatoms. The van der Waals surface area contributed by atoms with Gasteiger partial charge in [0, 0.05) is 5.02 Å².